The molecule has 18 heavy (non-hydrogen) atoms. The van der Waals surface area contributed by atoms with Crippen LogP contribution >= 0.6 is 15.2 Å². The van der Waals surface area contributed by atoms with E-state index in [1.165, 1.54) is 0 Å². The van der Waals surface area contributed by atoms with Crippen LogP contribution in [-0.2, 0) is 13.9 Å². The van der Waals surface area contributed by atoms with Crippen molar-refractivity contribution in [2.45, 2.75) is 19.1 Å². The summed E-state index contributed by atoms with van der Waals surface area (Å²) >= 11 is 0. The molecular formula is C6H16N2O8P2. The van der Waals surface area contributed by atoms with Gasteiger partial charge in [0.05, 0.1) is 6.10 Å². The average molecular weight is 306 g/mol. The maximum Gasteiger partial charge on any atom is 0.339 e. The fourth-order valence-corrected chi connectivity index (χ4v) is 3.07. The summed E-state index contributed by atoms with van der Waals surface area (Å²) in [5.74, 6) is -1.15. The van der Waals surface area contributed by atoms with Crippen molar-refractivity contribution in [3.8, 4) is 0 Å². The summed E-state index contributed by atoms with van der Waals surface area (Å²) in [4.78, 5) is 46.7. The van der Waals surface area contributed by atoms with Crippen LogP contribution < -0.4 is 5.73 Å². The van der Waals surface area contributed by atoms with Gasteiger partial charge >= 0.3 is 15.2 Å². The van der Waals surface area contributed by atoms with E-state index in [4.69, 9.17) is 25.3 Å². The molecule has 2 atom stereocenters. The monoisotopic (exact) mass is 306 g/mol. The Labute approximate surface area is 103 Å². The Balaban J connectivity index is 5.23. The summed E-state index contributed by atoms with van der Waals surface area (Å²) in [6.07, 6.45) is -3.65. The summed E-state index contributed by atoms with van der Waals surface area (Å²) in [6.45, 7) is 1.11. The summed E-state index contributed by atoms with van der Waals surface area (Å²) in [7, 11) is -9.35. The zero-order valence-electron chi connectivity index (χ0n) is 9.45. The Kier molecular flexibility index (Phi) is 6.12. The lowest BCUT2D eigenvalue weighted by Gasteiger charge is -2.31. The number of hydrogen-bond acceptors (Lipinski definition) is 5. The van der Waals surface area contributed by atoms with Gasteiger partial charge in [-0.2, -0.15) is 0 Å². The number of aliphatic hydroxyl groups excluding tert-OH is 1. The molecule has 0 aromatic rings. The van der Waals surface area contributed by atoms with E-state index in [0.29, 0.717) is 4.90 Å². The predicted octanol–water partition coefficient (Wildman–Crippen LogP) is -2.21. The van der Waals surface area contributed by atoms with Crippen molar-refractivity contribution in [2.75, 3.05) is 12.6 Å². The molecule has 0 aliphatic heterocycles. The van der Waals surface area contributed by atoms with Crippen molar-refractivity contribution in [3.63, 3.8) is 0 Å². The van der Waals surface area contributed by atoms with Gasteiger partial charge in [-0.15, -0.1) is 0 Å². The molecule has 0 aliphatic rings. The smallest absolute Gasteiger partial charge is 0.339 e. The molecule has 108 valence electrons. The van der Waals surface area contributed by atoms with E-state index in [1.54, 1.807) is 0 Å². The third-order valence-corrected chi connectivity index (χ3v) is 3.34. The van der Waals surface area contributed by atoms with Crippen molar-refractivity contribution < 1.29 is 38.6 Å². The van der Waals surface area contributed by atoms with Gasteiger partial charge in [0, 0.05) is 0 Å². The van der Waals surface area contributed by atoms with E-state index >= 15 is 0 Å². The van der Waals surface area contributed by atoms with Crippen LogP contribution in [0.1, 0.15) is 6.92 Å². The van der Waals surface area contributed by atoms with Crippen molar-refractivity contribution in [1.29, 1.82) is 0 Å². The number of primary amides is 1. The van der Waals surface area contributed by atoms with Gasteiger partial charge in [0.1, 0.15) is 18.6 Å². The molecule has 10 nitrogen and oxygen atoms in total. The van der Waals surface area contributed by atoms with Gasteiger partial charge in [-0.25, -0.2) is 0 Å². The van der Waals surface area contributed by atoms with Gasteiger partial charge in [-0.05, 0) is 6.92 Å². The first-order valence-electron chi connectivity index (χ1n) is 4.64. The largest absolute Gasteiger partial charge is 0.391 e. The number of hydrogen-bond donors (Lipinski definition) is 6. The molecule has 7 N–H and O–H groups in total. The number of carbonyl (C=O) groups is 1. The number of rotatable bonds is 7. The SMILES string of the molecule is CC(O)C(C(N)=O)N(CP(=O)(O)O)CP(=O)(O)O. The van der Waals surface area contributed by atoms with Crippen molar-refractivity contribution in [2.24, 2.45) is 5.73 Å². The van der Waals surface area contributed by atoms with Crippen LogP contribution in [0.25, 0.3) is 0 Å². The highest BCUT2D eigenvalue weighted by molar-refractivity contribution is 7.52. The highest BCUT2D eigenvalue weighted by atomic mass is 31.2. The minimum absolute atomic E-state index is 0.481. The molecule has 2 unspecified atom stereocenters. The molecule has 0 fully saturated rings. The van der Waals surface area contributed by atoms with E-state index in [-0.39, 0.29) is 0 Å². The van der Waals surface area contributed by atoms with Gasteiger partial charge in [0.2, 0.25) is 5.91 Å². The van der Waals surface area contributed by atoms with E-state index < -0.39 is 45.8 Å². The second-order valence-electron chi connectivity index (χ2n) is 3.79. The maximum absolute atomic E-state index is 11.1. The Bertz CT molecular complexity index is 363. The minimum Gasteiger partial charge on any atom is -0.391 e. The molecule has 0 aromatic carbocycles. The van der Waals surface area contributed by atoms with Crippen LogP contribution in [0, 0.1) is 0 Å². The van der Waals surface area contributed by atoms with Gasteiger partial charge in [0.25, 0.3) is 0 Å². The van der Waals surface area contributed by atoms with E-state index in [9.17, 15) is 19.0 Å². The quantitative estimate of drug-likeness (QED) is 0.284. The van der Waals surface area contributed by atoms with Crippen molar-refractivity contribution in [1.82, 2.24) is 4.90 Å². The molecule has 0 radical (unpaired) electrons. The number of amides is 1. The van der Waals surface area contributed by atoms with Crippen LogP contribution in [0.4, 0.5) is 0 Å². The van der Waals surface area contributed by atoms with Crippen LogP contribution in [0.2, 0.25) is 0 Å². The molecule has 0 heterocycles. The molecule has 0 spiro atoms. The zero-order valence-corrected chi connectivity index (χ0v) is 11.2. The van der Waals surface area contributed by atoms with Crippen LogP contribution in [0.3, 0.4) is 0 Å². The predicted molar refractivity (Wildman–Crippen MR) is 60.3 cm³/mol. The Morgan fingerprint density at radius 3 is 1.67 bits per heavy atom. The highest BCUT2D eigenvalue weighted by Gasteiger charge is 2.36. The molecular weight excluding hydrogens is 290 g/mol. The van der Waals surface area contributed by atoms with Crippen LogP contribution in [-0.4, -0.2) is 60.2 Å². The van der Waals surface area contributed by atoms with Crippen LogP contribution in [0.5, 0.6) is 0 Å². The maximum atomic E-state index is 11.1. The molecule has 0 saturated carbocycles. The lowest BCUT2D eigenvalue weighted by atomic mass is 10.1. The molecule has 1 amide bonds. The Morgan fingerprint density at radius 1 is 1.17 bits per heavy atom. The standard InChI is InChI=1S/C6H16N2O8P2/c1-4(9)5(6(7)10)8(2-17(11,12)13)3-18(14,15)16/h4-5,9H,2-3H2,1H3,(H2,7,10)(H2,11,12,13)(H2,14,15,16). The second kappa shape index (κ2) is 6.23. The first-order chi connectivity index (χ1) is 7.83. The lowest BCUT2D eigenvalue weighted by Crippen LogP contribution is -2.51. The summed E-state index contributed by atoms with van der Waals surface area (Å²) in [5, 5.41) is 9.30. The van der Waals surface area contributed by atoms with Crippen molar-refractivity contribution in [3.05, 3.63) is 0 Å². The number of carbonyl (C=O) groups excluding carboxylic acids is 1. The third-order valence-electron chi connectivity index (χ3n) is 1.87. The van der Waals surface area contributed by atoms with Crippen LogP contribution in [0.15, 0.2) is 0 Å². The molecule has 0 rings (SSSR count). The average Bonchev–Trinajstić information content (AvgIpc) is 1.93. The van der Waals surface area contributed by atoms with Gasteiger partial charge in [-0.3, -0.25) is 18.8 Å². The van der Waals surface area contributed by atoms with Gasteiger partial charge in [0.15, 0.2) is 0 Å². The zero-order chi connectivity index (χ0) is 14.7. The Hall–Kier alpha value is -0.310. The first-order valence-corrected chi connectivity index (χ1v) is 8.23. The normalized spacial score (nSPS) is 16.6. The molecule has 0 aromatic heterocycles. The molecule has 0 saturated heterocycles. The van der Waals surface area contributed by atoms with E-state index in [1.807, 2.05) is 0 Å². The third kappa shape index (κ3) is 7.20. The topological polar surface area (TPSA) is 182 Å². The molecule has 12 heteroatoms. The molecule has 0 aliphatic carbocycles. The number of nitrogens with zero attached hydrogens (tertiary/aromatic N) is 1. The van der Waals surface area contributed by atoms with E-state index in [2.05, 4.69) is 0 Å². The summed E-state index contributed by atoms with van der Waals surface area (Å²) in [6, 6.07) is -1.61. The van der Waals surface area contributed by atoms with Gasteiger partial charge in [-0.1, -0.05) is 0 Å². The fourth-order valence-electron chi connectivity index (χ4n) is 1.42. The number of aliphatic hydroxyl groups is 1. The minimum atomic E-state index is -4.68. The van der Waals surface area contributed by atoms with Gasteiger partial charge < -0.3 is 30.4 Å². The lowest BCUT2D eigenvalue weighted by molar-refractivity contribution is -0.126. The second-order valence-corrected chi connectivity index (χ2v) is 7.01. The molecule has 0 bridgehead atoms. The fraction of sp³-hybridized carbons (Fsp3) is 0.833. The van der Waals surface area contributed by atoms with Crippen molar-refractivity contribution >= 4 is 21.1 Å². The number of nitrogens with two attached hydrogens (primary N) is 1. The van der Waals surface area contributed by atoms with E-state index in [0.717, 1.165) is 6.92 Å². The summed E-state index contributed by atoms with van der Waals surface area (Å²) < 4.78 is 21.7. The Morgan fingerprint density at radius 2 is 1.50 bits per heavy atom. The first kappa shape index (κ1) is 17.7. The highest BCUT2D eigenvalue weighted by Crippen LogP contribution is 2.41. The summed E-state index contributed by atoms with van der Waals surface area (Å²) in [5.41, 5.74) is 4.93.